The third-order valence-electron chi connectivity index (χ3n) is 4.25. The summed E-state index contributed by atoms with van der Waals surface area (Å²) in [6, 6.07) is 13.2. The molecule has 3 rings (SSSR count). The van der Waals surface area contributed by atoms with Crippen LogP contribution in [0.4, 0.5) is 5.69 Å². The highest BCUT2D eigenvalue weighted by Crippen LogP contribution is 2.23. The molecular formula is C19H20Cl2N2O2. The average Bonchev–Trinajstić information content (AvgIpc) is 2.64. The van der Waals surface area contributed by atoms with Gasteiger partial charge in [0.15, 0.2) is 0 Å². The molecule has 1 heterocycles. The van der Waals surface area contributed by atoms with Crippen molar-refractivity contribution in [3.8, 4) is 0 Å². The van der Waals surface area contributed by atoms with Crippen LogP contribution in [-0.4, -0.2) is 44.2 Å². The van der Waals surface area contributed by atoms with E-state index < -0.39 is 0 Å². The summed E-state index contributed by atoms with van der Waals surface area (Å²) < 4.78 is 5.38. The monoisotopic (exact) mass is 378 g/mol. The van der Waals surface area contributed by atoms with E-state index in [0.717, 1.165) is 31.9 Å². The summed E-state index contributed by atoms with van der Waals surface area (Å²) in [7, 11) is 1.78. The van der Waals surface area contributed by atoms with Crippen LogP contribution in [0.25, 0.3) is 0 Å². The number of carbonyl (C=O) groups excluding carboxylic acids is 1. The maximum Gasteiger partial charge on any atom is 0.253 e. The number of amides is 1. The van der Waals surface area contributed by atoms with Gasteiger partial charge in [-0.2, -0.15) is 0 Å². The Morgan fingerprint density at radius 1 is 1.08 bits per heavy atom. The molecular weight excluding hydrogens is 359 g/mol. The molecule has 0 aliphatic carbocycles. The van der Waals surface area contributed by atoms with Crippen LogP contribution in [0, 0.1) is 0 Å². The van der Waals surface area contributed by atoms with Gasteiger partial charge in [0.05, 0.1) is 23.3 Å². The zero-order valence-corrected chi connectivity index (χ0v) is 15.6. The van der Waals surface area contributed by atoms with Gasteiger partial charge in [-0.05, 0) is 35.9 Å². The predicted octanol–water partition coefficient (Wildman–Crippen LogP) is 4.10. The number of ether oxygens (including phenoxy) is 1. The van der Waals surface area contributed by atoms with Crippen molar-refractivity contribution in [3.63, 3.8) is 0 Å². The van der Waals surface area contributed by atoms with Crippen LogP contribution >= 0.6 is 23.2 Å². The summed E-state index contributed by atoms with van der Waals surface area (Å²) in [4.78, 5) is 16.5. The van der Waals surface area contributed by atoms with Gasteiger partial charge < -0.3 is 14.5 Å². The van der Waals surface area contributed by atoms with Crippen LogP contribution in [0.15, 0.2) is 42.5 Å². The van der Waals surface area contributed by atoms with Gasteiger partial charge in [0.1, 0.15) is 0 Å². The minimum absolute atomic E-state index is 0.0872. The lowest BCUT2D eigenvalue weighted by molar-refractivity contribution is 0.0785. The van der Waals surface area contributed by atoms with E-state index in [4.69, 9.17) is 27.9 Å². The van der Waals surface area contributed by atoms with Crippen molar-refractivity contribution < 1.29 is 9.53 Å². The van der Waals surface area contributed by atoms with E-state index in [-0.39, 0.29) is 5.91 Å². The molecule has 0 atom stereocenters. The van der Waals surface area contributed by atoms with E-state index in [1.165, 1.54) is 5.69 Å². The summed E-state index contributed by atoms with van der Waals surface area (Å²) in [6.45, 7) is 3.89. The van der Waals surface area contributed by atoms with Crippen molar-refractivity contribution in [3.05, 3.63) is 63.6 Å². The van der Waals surface area contributed by atoms with Gasteiger partial charge in [-0.15, -0.1) is 0 Å². The van der Waals surface area contributed by atoms with Crippen LogP contribution in [0.2, 0.25) is 10.0 Å². The average molecular weight is 379 g/mol. The fourth-order valence-corrected chi connectivity index (χ4v) is 3.13. The Balaban J connectivity index is 1.64. The number of anilines is 1. The van der Waals surface area contributed by atoms with Crippen LogP contribution in [0.3, 0.4) is 0 Å². The van der Waals surface area contributed by atoms with Gasteiger partial charge in [0, 0.05) is 37.9 Å². The molecule has 6 heteroatoms. The van der Waals surface area contributed by atoms with E-state index in [1.54, 1.807) is 30.1 Å². The molecule has 1 fully saturated rings. The molecule has 0 bridgehead atoms. The Hall–Kier alpha value is -1.75. The molecule has 1 aliphatic heterocycles. The SMILES string of the molecule is CN(Cc1ccc(N2CCOCC2)cc1)C(=O)c1ccc(Cl)c(Cl)c1. The molecule has 0 spiro atoms. The first-order valence-corrected chi connectivity index (χ1v) is 8.92. The van der Waals surface area contributed by atoms with E-state index in [0.29, 0.717) is 22.2 Å². The lowest BCUT2D eigenvalue weighted by Crippen LogP contribution is -2.36. The highest BCUT2D eigenvalue weighted by Gasteiger charge is 2.14. The Bertz CT molecular complexity index is 744. The lowest BCUT2D eigenvalue weighted by Gasteiger charge is -2.29. The Morgan fingerprint density at radius 2 is 1.76 bits per heavy atom. The Kier molecular flexibility index (Phi) is 5.84. The highest BCUT2D eigenvalue weighted by molar-refractivity contribution is 6.42. The summed E-state index contributed by atoms with van der Waals surface area (Å²) in [6.07, 6.45) is 0. The molecule has 132 valence electrons. The second kappa shape index (κ2) is 8.09. The van der Waals surface area contributed by atoms with Gasteiger partial charge in [0.25, 0.3) is 5.91 Å². The van der Waals surface area contributed by atoms with Crippen LogP contribution < -0.4 is 4.90 Å². The third-order valence-corrected chi connectivity index (χ3v) is 4.98. The number of morpholine rings is 1. The van der Waals surface area contributed by atoms with E-state index in [2.05, 4.69) is 29.2 Å². The number of hydrogen-bond donors (Lipinski definition) is 0. The van der Waals surface area contributed by atoms with Crippen LogP contribution in [0.5, 0.6) is 0 Å². The normalized spacial score (nSPS) is 14.4. The van der Waals surface area contributed by atoms with Crippen LogP contribution in [0.1, 0.15) is 15.9 Å². The van der Waals surface area contributed by atoms with Gasteiger partial charge in [0.2, 0.25) is 0 Å². The van der Waals surface area contributed by atoms with Crippen molar-refractivity contribution in [2.24, 2.45) is 0 Å². The maximum absolute atomic E-state index is 12.5. The number of rotatable bonds is 4. The summed E-state index contributed by atoms with van der Waals surface area (Å²) in [5, 5.41) is 0.829. The van der Waals surface area contributed by atoms with Gasteiger partial charge in [-0.25, -0.2) is 0 Å². The molecule has 0 radical (unpaired) electrons. The Morgan fingerprint density at radius 3 is 2.40 bits per heavy atom. The number of halogens is 2. The molecule has 2 aromatic rings. The summed E-state index contributed by atoms with van der Waals surface area (Å²) >= 11 is 11.9. The topological polar surface area (TPSA) is 32.8 Å². The lowest BCUT2D eigenvalue weighted by atomic mass is 10.1. The Labute approximate surface area is 157 Å². The molecule has 25 heavy (non-hydrogen) atoms. The molecule has 1 saturated heterocycles. The molecule has 0 saturated carbocycles. The van der Waals surface area contributed by atoms with Crippen molar-refractivity contribution in [2.75, 3.05) is 38.3 Å². The minimum atomic E-state index is -0.0872. The molecule has 4 nitrogen and oxygen atoms in total. The van der Waals surface area contributed by atoms with Gasteiger partial charge >= 0.3 is 0 Å². The number of hydrogen-bond acceptors (Lipinski definition) is 3. The molecule has 1 aliphatic rings. The van der Waals surface area contributed by atoms with Crippen molar-refractivity contribution in [1.82, 2.24) is 4.90 Å². The first-order chi connectivity index (χ1) is 12.0. The van der Waals surface area contributed by atoms with Crippen molar-refractivity contribution in [1.29, 1.82) is 0 Å². The van der Waals surface area contributed by atoms with Crippen molar-refractivity contribution in [2.45, 2.75) is 6.54 Å². The summed E-state index contributed by atoms with van der Waals surface area (Å²) in [5.41, 5.74) is 2.79. The zero-order valence-electron chi connectivity index (χ0n) is 14.0. The smallest absolute Gasteiger partial charge is 0.253 e. The van der Waals surface area contributed by atoms with E-state index >= 15 is 0 Å². The summed E-state index contributed by atoms with van der Waals surface area (Å²) in [5.74, 6) is -0.0872. The first-order valence-electron chi connectivity index (χ1n) is 8.17. The van der Waals surface area contributed by atoms with Crippen LogP contribution in [-0.2, 0) is 11.3 Å². The molecule has 1 amide bonds. The zero-order chi connectivity index (χ0) is 17.8. The third kappa shape index (κ3) is 4.46. The fraction of sp³-hybridized carbons (Fsp3) is 0.316. The maximum atomic E-state index is 12.5. The number of carbonyl (C=O) groups is 1. The largest absolute Gasteiger partial charge is 0.378 e. The van der Waals surface area contributed by atoms with E-state index in [1.807, 2.05) is 0 Å². The molecule has 0 N–H and O–H groups in total. The number of benzene rings is 2. The molecule has 0 unspecified atom stereocenters. The second-order valence-electron chi connectivity index (χ2n) is 6.06. The second-order valence-corrected chi connectivity index (χ2v) is 6.87. The first kappa shape index (κ1) is 18.1. The number of nitrogens with zero attached hydrogens (tertiary/aromatic N) is 2. The highest BCUT2D eigenvalue weighted by atomic mass is 35.5. The minimum Gasteiger partial charge on any atom is -0.378 e. The van der Waals surface area contributed by atoms with Crippen molar-refractivity contribution >= 4 is 34.8 Å². The van der Waals surface area contributed by atoms with Gasteiger partial charge in [-0.3, -0.25) is 4.79 Å². The molecule has 0 aromatic heterocycles. The van der Waals surface area contributed by atoms with Gasteiger partial charge in [-0.1, -0.05) is 35.3 Å². The standard InChI is InChI=1S/C19H20Cl2N2O2/c1-22(19(24)15-4-7-17(20)18(21)12-15)13-14-2-5-16(6-3-14)23-8-10-25-11-9-23/h2-7,12H,8-11,13H2,1H3. The predicted molar refractivity (Wildman–Crippen MR) is 102 cm³/mol. The fourth-order valence-electron chi connectivity index (χ4n) is 2.83. The van der Waals surface area contributed by atoms with E-state index in [9.17, 15) is 4.79 Å². The quantitative estimate of drug-likeness (QED) is 0.802. The molecule has 2 aromatic carbocycles.